The molecule has 0 saturated carbocycles. The van der Waals surface area contributed by atoms with Crippen LogP contribution in [0.5, 0.6) is 0 Å². The third-order valence-electron chi connectivity index (χ3n) is 4.01. The van der Waals surface area contributed by atoms with Crippen molar-refractivity contribution in [3.8, 4) is 0 Å². The van der Waals surface area contributed by atoms with Crippen LogP contribution in [-0.2, 0) is 9.47 Å². The second kappa shape index (κ2) is 8.81. The number of esters is 2. The van der Waals surface area contributed by atoms with Crippen molar-refractivity contribution < 1.29 is 27.8 Å². The van der Waals surface area contributed by atoms with Gasteiger partial charge in [-0.1, -0.05) is 36.4 Å². The Bertz CT molecular complexity index is 836. The first-order valence-corrected chi connectivity index (χ1v) is 9.25. The van der Waals surface area contributed by atoms with Crippen molar-refractivity contribution in [2.75, 3.05) is 12.4 Å². The molecule has 0 unspecified atom stereocenters. The van der Waals surface area contributed by atoms with Gasteiger partial charge in [-0.25, -0.2) is 9.59 Å². The fraction of sp³-hybridized carbons (Fsp3) is 0.200. The number of carbonyl (C=O) groups excluding carboxylic acids is 2. The van der Waals surface area contributed by atoms with Crippen LogP contribution in [0, 0.1) is 0 Å². The minimum absolute atomic E-state index is 0.0165. The molecule has 3 rings (SSSR count). The Morgan fingerprint density at radius 2 is 1.48 bits per heavy atom. The quantitative estimate of drug-likeness (QED) is 0.711. The molecule has 1 fully saturated rings. The summed E-state index contributed by atoms with van der Waals surface area (Å²) in [4.78, 5) is 24.3. The van der Waals surface area contributed by atoms with Crippen molar-refractivity contribution in [3.63, 3.8) is 0 Å². The number of benzene rings is 2. The maximum absolute atomic E-state index is 13.2. The molecule has 1 saturated heterocycles. The molecule has 0 radical (unpaired) electrons. The van der Waals surface area contributed by atoms with E-state index in [2.05, 4.69) is 0 Å². The third kappa shape index (κ3) is 4.74. The number of halogens is 2. The molecule has 1 heterocycles. The van der Waals surface area contributed by atoms with Crippen LogP contribution in [-0.4, -0.2) is 35.7 Å². The summed E-state index contributed by atoms with van der Waals surface area (Å²) < 4.78 is 37.1. The molecule has 0 bridgehead atoms. The normalized spacial score (nSPS) is 18.8. The highest BCUT2D eigenvalue weighted by Crippen LogP contribution is 2.37. The molecule has 0 aliphatic carbocycles. The zero-order chi connectivity index (χ0) is 19.2. The second-order valence-corrected chi connectivity index (χ2v) is 7.02. The molecule has 140 valence electrons. The van der Waals surface area contributed by atoms with Gasteiger partial charge in [0, 0.05) is 11.3 Å². The standard InChI is InChI=1S/C20H16F2O4S/c21-18(22)15-12-27-16(11-25-19(23)13-7-3-1-4-8-13)17(15)26-20(24)14-9-5-2-6-10-14/h1-10,16-17H,11-12H2/t16-,17+/m1/s1. The van der Waals surface area contributed by atoms with Crippen molar-refractivity contribution in [1.29, 1.82) is 0 Å². The van der Waals surface area contributed by atoms with Gasteiger partial charge in [-0.3, -0.25) is 0 Å². The zero-order valence-electron chi connectivity index (χ0n) is 14.1. The van der Waals surface area contributed by atoms with Gasteiger partial charge in [0.25, 0.3) is 6.08 Å². The molecule has 2 atom stereocenters. The molecular formula is C20H16F2O4S. The molecule has 2 aromatic carbocycles. The monoisotopic (exact) mass is 390 g/mol. The van der Waals surface area contributed by atoms with E-state index in [-0.39, 0.29) is 23.5 Å². The smallest absolute Gasteiger partial charge is 0.338 e. The van der Waals surface area contributed by atoms with E-state index in [1.165, 1.54) is 11.8 Å². The fourth-order valence-electron chi connectivity index (χ4n) is 2.61. The van der Waals surface area contributed by atoms with Crippen molar-refractivity contribution in [3.05, 3.63) is 83.4 Å². The lowest BCUT2D eigenvalue weighted by molar-refractivity contribution is 0.0286. The highest BCUT2D eigenvalue weighted by molar-refractivity contribution is 8.00. The van der Waals surface area contributed by atoms with E-state index in [4.69, 9.17) is 9.47 Å². The lowest BCUT2D eigenvalue weighted by Gasteiger charge is -2.20. The Labute approximate surface area is 159 Å². The molecule has 4 nitrogen and oxygen atoms in total. The molecule has 7 heteroatoms. The van der Waals surface area contributed by atoms with E-state index >= 15 is 0 Å². The summed E-state index contributed by atoms with van der Waals surface area (Å²) in [5.41, 5.74) is 0.392. The van der Waals surface area contributed by atoms with Gasteiger partial charge in [0.05, 0.1) is 16.4 Å². The number of ether oxygens (including phenoxy) is 2. The van der Waals surface area contributed by atoms with Gasteiger partial charge in [-0.05, 0) is 24.3 Å². The average Bonchev–Trinajstić information content (AvgIpc) is 3.10. The van der Waals surface area contributed by atoms with Gasteiger partial charge in [-0.2, -0.15) is 8.78 Å². The van der Waals surface area contributed by atoms with E-state index < -0.39 is 29.4 Å². The summed E-state index contributed by atoms with van der Waals surface area (Å²) in [5, 5.41) is -0.596. The Kier molecular flexibility index (Phi) is 6.24. The van der Waals surface area contributed by atoms with Crippen LogP contribution in [0.1, 0.15) is 20.7 Å². The van der Waals surface area contributed by atoms with Gasteiger partial charge in [-0.15, -0.1) is 11.8 Å². The van der Waals surface area contributed by atoms with Crippen molar-refractivity contribution in [2.45, 2.75) is 11.4 Å². The van der Waals surface area contributed by atoms with Gasteiger partial charge in [0.2, 0.25) is 0 Å². The number of hydrogen-bond acceptors (Lipinski definition) is 5. The van der Waals surface area contributed by atoms with E-state index in [0.29, 0.717) is 5.56 Å². The highest BCUT2D eigenvalue weighted by atomic mass is 32.2. The molecule has 0 N–H and O–H groups in total. The molecule has 1 aliphatic rings. The van der Waals surface area contributed by atoms with Gasteiger partial charge >= 0.3 is 11.9 Å². The summed E-state index contributed by atoms with van der Waals surface area (Å²) in [7, 11) is 0. The van der Waals surface area contributed by atoms with Crippen LogP contribution in [0.15, 0.2) is 72.3 Å². The second-order valence-electron chi connectivity index (χ2n) is 5.79. The number of carbonyl (C=O) groups is 2. The van der Waals surface area contributed by atoms with Gasteiger partial charge < -0.3 is 9.47 Å². The van der Waals surface area contributed by atoms with E-state index in [0.717, 1.165) is 0 Å². The Hall–Kier alpha value is -2.67. The molecule has 0 spiro atoms. The highest BCUT2D eigenvalue weighted by Gasteiger charge is 2.39. The first kappa shape index (κ1) is 19.1. The average molecular weight is 390 g/mol. The first-order valence-electron chi connectivity index (χ1n) is 8.20. The van der Waals surface area contributed by atoms with E-state index in [1.54, 1.807) is 60.7 Å². The lowest BCUT2D eigenvalue weighted by Crippen LogP contribution is -2.31. The van der Waals surface area contributed by atoms with Gasteiger partial charge in [0.15, 0.2) is 0 Å². The maximum atomic E-state index is 13.2. The molecule has 1 aliphatic heterocycles. The summed E-state index contributed by atoms with van der Waals surface area (Å²) in [6, 6.07) is 16.5. The summed E-state index contributed by atoms with van der Waals surface area (Å²) in [6.45, 7) is -0.137. The van der Waals surface area contributed by atoms with Crippen LogP contribution < -0.4 is 0 Å². The lowest BCUT2D eigenvalue weighted by atomic mass is 10.1. The van der Waals surface area contributed by atoms with Crippen LogP contribution >= 0.6 is 11.8 Å². The topological polar surface area (TPSA) is 52.6 Å². The van der Waals surface area contributed by atoms with E-state index in [9.17, 15) is 18.4 Å². The molecule has 2 aromatic rings. The summed E-state index contributed by atoms with van der Waals surface area (Å²) in [6.07, 6.45) is -3.01. The summed E-state index contributed by atoms with van der Waals surface area (Å²) in [5.74, 6) is -1.23. The minimum Gasteiger partial charge on any atom is -0.461 e. The van der Waals surface area contributed by atoms with Gasteiger partial charge in [0.1, 0.15) is 12.7 Å². The van der Waals surface area contributed by atoms with Crippen molar-refractivity contribution in [2.24, 2.45) is 0 Å². The minimum atomic E-state index is -1.87. The van der Waals surface area contributed by atoms with Crippen LogP contribution in [0.4, 0.5) is 8.78 Å². The van der Waals surface area contributed by atoms with E-state index in [1.807, 2.05) is 0 Å². The Morgan fingerprint density at radius 3 is 2.04 bits per heavy atom. The molecular weight excluding hydrogens is 374 g/mol. The molecule has 0 aromatic heterocycles. The number of thioether (sulfide) groups is 1. The van der Waals surface area contributed by atoms with Crippen LogP contribution in [0.3, 0.4) is 0 Å². The Morgan fingerprint density at radius 1 is 0.926 bits per heavy atom. The first-order chi connectivity index (χ1) is 13.1. The Balaban J connectivity index is 1.69. The summed E-state index contributed by atoms with van der Waals surface area (Å²) >= 11 is 1.17. The van der Waals surface area contributed by atoms with Crippen molar-refractivity contribution >= 4 is 23.7 Å². The molecule has 27 heavy (non-hydrogen) atoms. The SMILES string of the molecule is O=C(OC[C@H]1SCC(=C(F)F)[C@@H]1OC(=O)c1ccccc1)c1ccccc1. The fourth-order valence-corrected chi connectivity index (χ4v) is 3.83. The third-order valence-corrected chi connectivity index (χ3v) is 5.30. The molecule has 0 amide bonds. The maximum Gasteiger partial charge on any atom is 0.338 e. The van der Waals surface area contributed by atoms with Crippen molar-refractivity contribution in [1.82, 2.24) is 0 Å². The van der Waals surface area contributed by atoms with Crippen LogP contribution in [0.2, 0.25) is 0 Å². The predicted octanol–water partition coefficient (Wildman–Crippen LogP) is 4.34. The van der Waals surface area contributed by atoms with Crippen LogP contribution in [0.25, 0.3) is 0 Å². The largest absolute Gasteiger partial charge is 0.461 e. The zero-order valence-corrected chi connectivity index (χ0v) is 15.0. The number of rotatable bonds is 5. The number of hydrogen-bond donors (Lipinski definition) is 0. The predicted molar refractivity (Wildman–Crippen MR) is 97.9 cm³/mol.